The highest BCUT2D eigenvalue weighted by atomic mass is 35.5. The van der Waals surface area contributed by atoms with E-state index in [4.69, 9.17) is 5.84 Å². The summed E-state index contributed by atoms with van der Waals surface area (Å²) in [5.74, 6) is 7.14. The number of aromatic nitrogens is 4. The fourth-order valence-corrected chi connectivity index (χ4v) is 2.04. The van der Waals surface area contributed by atoms with E-state index in [0.29, 0.717) is 5.95 Å². The number of H-pyrrole nitrogens is 2. The second-order valence-corrected chi connectivity index (χ2v) is 4.38. The molecule has 0 saturated heterocycles. The number of nitrogens with one attached hydrogen (secondary N) is 3. The predicted molar refractivity (Wildman–Crippen MR) is 77.8 cm³/mol. The van der Waals surface area contributed by atoms with Crippen molar-refractivity contribution in [2.75, 3.05) is 11.3 Å². The Bertz CT molecular complexity index is 759. The van der Waals surface area contributed by atoms with Gasteiger partial charge in [-0.2, -0.15) is 10.5 Å². The number of hydrazone groups is 1. The van der Waals surface area contributed by atoms with Gasteiger partial charge in [-0.3, -0.25) is 5.84 Å². The van der Waals surface area contributed by atoms with Crippen molar-refractivity contribution in [2.45, 2.75) is 13.3 Å². The van der Waals surface area contributed by atoms with E-state index in [2.05, 4.69) is 25.7 Å². The molecule has 0 aliphatic rings. The minimum atomic E-state index is 0. The number of hydrogen-bond donors (Lipinski definition) is 4. The maximum atomic E-state index is 5.84. The van der Waals surface area contributed by atoms with Gasteiger partial charge in [0.25, 0.3) is 0 Å². The van der Waals surface area contributed by atoms with Gasteiger partial charge in [0.2, 0.25) is 5.82 Å². The van der Waals surface area contributed by atoms with Crippen LogP contribution in [0.5, 0.6) is 0 Å². The summed E-state index contributed by atoms with van der Waals surface area (Å²) in [5.41, 5.74) is 4.90. The average Bonchev–Trinajstić information content (AvgIpc) is 3.04. The number of nitrogen functional groups attached to an aromatic ring is 1. The molecule has 0 saturated carbocycles. The lowest BCUT2D eigenvalue weighted by Crippen LogP contribution is -3.00. The van der Waals surface area contributed by atoms with Crippen LogP contribution in [-0.2, 0) is 6.42 Å². The summed E-state index contributed by atoms with van der Waals surface area (Å²) in [6.45, 7) is 2.00. The molecule has 2 heterocycles. The average molecular weight is 306 g/mol. The Balaban J connectivity index is 0.00000161. The van der Waals surface area contributed by atoms with E-state index in [1.807, 2.05) is 37.4 Å². The number of fused-ring (bicyclic) bond motifs is 1. The largest absolute Gasteiger partial charge is 1.00 e. The molecule has 3 aromatic rings. The second kappa shape index (κ2) is 6.27. The molecule has 0 atom stereocenters. The molecule has 1 aromatic carbocycles. The minimum absolute atomic E-state index is 0. The quantitative estimate of drug-likeness (QED) is 0.192. The van der Waals surface area contributed by atoms with Crippen LogP contribution in [-0.4, -0.2) is 21.4 Å². The summed E-state index contributed by atoms with van der Waals surface area (Å²) in [4.78, 5) is 3.19. The van der Waals surface area contributed by atoms with Crippen LogP contribution < -0.4 is 28.4 Å². The van der Waals surface area contributed by atoms with Gasteiger partial charge in [-0.05, 0) is 6.07 Å². The molecule has 0 amide bonds. The summed E-state index contributed by atoms with van der Waals surface area (Å²) in [6, 6.07) is 8.05. The number of benzene rings is 1. The number of nitrogens with two attached hydrogens (primary N) is 1. The summed E-state index contributed by atoms with van der Waals surface area (Å²) < 4.78 is 1.45. The Kier molecular flexibility index (Phi) is 4.44. The number of anilines is 1. The third-order valence-electron chi connectivity index (χ3n) is 3.13. The number of hydrogen-bond acceptors (Lipinski definition) is 4. The van der Waals surface area contributed by atoms with Crippen molar-refractivity contribution in [2.24, 2.45) is 5.10 Å². The van der Waals surface area contributed by atoms with Gasteiger partial charge in [-0.1, -0.05) is 25.1 Å². The van der Waals surface area contributed by atoms with E-state index in [0.717, 1.165) is 28.7 Å². The van der Waals surface area contributed by atoms with Crippen molar-refractivity contribution in [3.8, 4) is 0 Å². The molecule has 7 nitrogen and oxygen atoms in total. The third-order valence-corrected chi connectivity index (χ3v) is 3.13. The van der Waals surface area contributed by atoms with Gasteiger partial charge in [0.15, 0.2) is 0 Å². The highest BCUT2D eigenvalue weighted by molar-refractivity contribution is 5.99. The SMILES string of the molecule is CCc1[nH]nc(NN=Cc2c[nH]c3ccccc23)[n+]1N.[Cl-]. The van der Waals surface area contributed by atoms with E-state index < -0.39 is 0 Å². The van der Waals surface area contributed by atoms with Gasteiger partial charge in [0, 0.05) is 34.2 Å². The summed E-state index contributed by atoms with van der Waals surface area (Å²) in [5, 5.41) is 12.2. The summed E-state index contributed by atoms with van der Waals surface area (Å²) in [6.07, 6.45) is 4.42. The van der Waals surface area contributed by atoms with E-state index in [1.165, 1.54) is 4.68 Å². The molecule has 0 fully saturated rings. The van der Waals surface area contributed by atoms with Crippen molar-refractivity contribution >= 4 is 23.1 Å². The Morgan fingerprint density at radius 3 is 3.00 bits per heavy atom. The Morgan fingerprint density at radius 2 is 2.24 bits per heavy atom. The van der Waals surface area contributed by atoms with Crippen LogP contribution in [0.1, 0.15) is 18.3 Å². The first-order valence-corrected chi connectivity index (χ1v) is 6.39. The molecule has 0 aliphatic heterocycles. The highest BCUT2D eigenvalue weighted by Gasteiger charge is 2.14. The zero-order valence-corrected chi connectivity index (χ0v) is 12.2. The van der Waals surface area contributed by atoms with E-state index >= 15 is 0 Å². The van der Waals surface area contributed by atoms with Crippen LogP contribution in [0, 0.1) is 0 Å². The second-order valence-electron chi connectivity index (χ2n) is 4.38. The third kappa shape index (κ3) is 2.82. The zero-order chi connectivity index (χ0) is 13.9. The molecule has 2 aromatic heterocycles. The van der Waals surface area contributed by atoms with Crippen molar-refractivity contribution in [3.05, 3.63) is 41.9 Å². The number of aromatic amines is 2. The number of para-hydroxylation sites is 1. The van der Waals surface area contributed by atoms with E-state index in [9.17, 15) is 0 Å². The minimum Gasteiger partial charge on any atom is -1.00 e. The van der Waals surface area contributed by atoms with Crippen molar-refractivity contribution in [1.29, 1.82) is 0 Å². The molecule has 110 valence electrons. The molecular weight excluding hydrogens is 290 g/mol. The number of aryl methyl sites for hydroxylation is 1. The van der Waals surface area contributed by atoms with Gasteiger partial charge in [0.05, 0.1) is 6.21 Å². The molecule has 0 aliphatic carbocycles. The lowest BCUT2D eigenvalue weighted by Gasteiger charge is -1.93. The van der Waals surface area contributed by atoms with Gasteiger partial charge in [-0.25, -0.2) is 0 Å². The molecule has 5 N–H and O–H groups in total. The standard InChI is InChI=1S/C13H15N7.ClH/c1-2-12-17-19-13(20(12)14)18-16-8-9-7-15-11-6-4-3-5-10(9)11;/h3-8H,2,14H2,1H3,(H2,15,16,18,19);1H. The van der Waals surface area contributed by atoms with Crippen LogP contribution in [0.25, 0.3) is 10.9 Å². The Morgan fingerprint density at radius 1 is 1.43 bits per heavy atom. The monoisotopic (exact) mass is 305 g/mol. The van der Waals surface area contributed by atoms with Crippen LogP contribution in [0.15, 0.2) is 35.6 Å². The molecule has 0 spiro atoms. The first kappa shape index (κ1) is 14.9. The number of halogens is 1. The van der Waals surface area contributed by atoms with Crippen LogP contribution >= 0.6 is 0 Å². The van der Waals surface area contributed by atoms with Crippen molar-refractivity contribution in [3.63, 3.8) is 0 Å². The number of rotatable bonds is 4. The normalized spacial score (nSPS) is 10.9. The van der Waals surface area contributed by atoms with E-state index in [1.54, 1.807) is 6.21 Å². The molecule has 3 rings (SSSR count). The van der Waals surface area contributed by atoms with Gasteiger partial charge >= 0.3 is 5.95 Å². The molecule has 8 heteroatoms. The first-order chi connectivity index (χ1) is 9.79. The molecule has 21 heavy (non-hydrogen) atoms. The van der Waals surface area contributed by atoms with Crippen LogP contribution in [0.3, 0.4) is 0 Å². The highest BCUT2D eigenvalue weighted by Crippen LogP contribution is 2.15. The van der Waals surface area contributed by atoms with E-state index in [-0.39, 0.29) is 12.4 Å². The fraction of sp³-hybridized carbons (Fsp3) is 0.154. The predicted octanol–water partition coefficient (Wildman–Crippen LogP) is -2.10. The maximum Gasteiger partial charge on any atom is 0.421 e. The fourth-order valence-electron chi connectivity index (χ4n) is 2.04. The van der Waals surface area contributed by atoms with Crippen molar-refractivity contribution in [1.82, 2.24) is 15.2 Å². The topological polar surface area (TPSA) is 98.8 Å². The first-order valence-electron chi connectivity index (χ1n) is 6.39. The molecule has 0 unspecified atom stereocenters. The van der Waals surface area contributed by atoms with Gasteiger partial charge < -0.3 is 17.4 Å². The van der Waals surface area contributed by atoms with Crippen LogP contribution in [0.2, 0.25) is 0 Å². The number of nitrogens with zero attached hydrogens (tertiary/aromatic N) is 3. The lowest BCUT2D eigenvalue weighted by atomic mass is 10.2. The zero-order valence-electron chi connectivity index (χ0n) is 11.5. The molecule has 0 radical (unpaired) electrons. The smallest absolute Gasteiger partial charge is 0.421 e. The summed E-state index contributed by atoms with van der Waals surface area (Å²) >= 11 is 0. The van der Waals surface area contributed by atoms with Crippen molar-refractivity contribution < 1.29 is 17.1 Å². The molecular formula is C13H16ClN7. The van der Waals surface area contributed by atoms with Crippen LogP contribution in [0.4, 0.5) is 5.95 Å². The molecule has 0 bridgehead atoms. The maximum absolute atomic E-state index is 5.84. The Labute approximate surface area is 127 Å². The van der Waals surface area contributed by atoms with Gasteiger partial charge in [0.1, 0.15) is 0 Å². The lowest BCUT2D eigenvalue weighted by molar-refractivity contribution is -0.632. The summed E-state index contributed by atoms with van der Waals surface area (Å²) in [7, 11) is 0. The Hall–Kier alpha value is -2.54. The van der Waals surface area contributed by atoms with Gasteiger partial charge in [-0.15, -0.1) is 9.78 Å².